The highest BCUT2D eigenvalue weighted by atomic mass is 32.2. The van der Waals surface area contributed by atoms with E-state index in [4.69, 9.17) is 0 Å². The van der Waals surface area contributed by atoms with Gasteiger partial charge in [0.1, 0.15) is 5.82 Å². The molecule has 0 bridgehead atoms. The van der Waals surface area contributed by atoms with E-state index in [1.807, 2.05) is 18.9 Å². The Bertz CT molecular complexity index is 898. The van der Waals surface area contributed by atoms with Crippen molar-refractivity contribution in [3.8, 4) is 0 Å². The molecule has 2 aromatic carbocycles. The van der Waals surface area contributed by atoms with Crippen molar-refractivity contribution in [2.75, 3.05) is 26.9 Å². The molecule has 0 aliphatic heterocycles. The van der Waals surface area contributed by atoms with Gasteiger partial charge in [0.15, 0.2) is 9.84 Å². The molecule has 2 rings (SSSR count). The number of amides is 1. The van der Waals surface area contributed by atoms with E-state index in [1.165, 1.54) is 17.2 Å². The zero-order valence-electron chi connectivity index (χ0n) is 16.0. The van der Waals surface area contributed by atoms with Gasteiger partial charge in [-0.3, -0.25) is 9.69 Å². The zero-order chi connectivity index (χ0) is 20.2. The fraction of sp³-hybridized carbons (Fsp3) is 0.350. The Morgan fingerprint density at radius 1 is 1.07 bits per heavy atom. The lowest BCUT2D eigenvalue weighted by Gasteiger charge is -2.27. The van der Waals surface area contributed by atoms with E-state index in [0.717, 1.165) is 5.56 Å². The molecule has 27 heavy (non-hydrogen) atoms. The van der Waals surface area contributed by atoms with E-state index in [0.29, 0.717) is 5.56 Å². The van der Waals surface area contributed by atoms with Crippen LogP contribution in [0.15, 0.2) is 53.4 Å². The fourth-order valence-corrected chi connectivity index (χ4v) is 3.32. The average Bonchev–Trinajstić information content (AvgIpc) is 2.62. The van der Waals surface area contributed by atoms with E-state index < -0.39 is 9.84 Å². The lowest BCUT2D eigenvalue weighted by atomic mass is 10.1. The summed E-state index contributed by atoms with van der Waals surface area (Å²) in [6.07, 6.45) is 1.17. The van der Waals surface area contributed by atoms with E-state index in [9.17, 15) is 17.6 Å². The van der Waals surface area contributed by atoms with Gasteiger partial charge in [-0.05, 0) is 37.7 Å². The van der Waals surface area contributed by atoms with Gasteiger partial charge in [-0.25, -0.2) is 12.8 Å². The summed E-state index contributed by atoms with van der Waals surface area (Å²) in [7, 11) is 0.236. The molecule has 1 atom stereocenters. The molecule has 0 saturated carbocycles. The zero-order valence-corrected chi connectivity index (χ0v) is 16.8. The van der Waals surface area contributed by atoms with Crippen LogP contribution in [-0.4, -0.2) is 51.0 Å². The van der Waals surface area contributed by atoms with Crippen LogP contribution in [0, 0.1) is 5.82 Å². The molecule has 0 fully saturated rings. The predicted molar refractivity (Wildman–Crippen MR) is 103 cm³/mol. The molecule has 0 N–H and O–H groups in total. The molecule has 0 heterocycles. The average molecular weight is 392 g/mol. The monoisotopic (exact) mass is 392 g/mol. The maximum absolute atomic E-state index is 13.8. The van der Waals surface area contributed by atoms with Crippen molar-refractivity contribution in [3.05, 3.63) is 65.5 Å². The highest BCUT2D eigenvalue weighted by molar-refractivity contribution is 7.90. The van der Waals surface area contributed by atoms with Crippen molar-refractivity contribution >= 4 is 15.7 Å². The van der Waals surface area contributed by atoms with Crippen molar-refractivity contribution in [1.29, 1.82) is 0 Å². The second kappa shape index (κ2) is 8.63. The first-order valence-electron chi connectivity index (χ1n) is 8.57. The minimum atomic E-state index is -3.23. The predicted octanol–water partition coefficient (Wildman–Crippen LogP) is 2.88. The summed E-state index contributed by atoms with van der Waals surface area (Å²) in [4.78, 5) is 16.1. The van der Waals surface area contributed by atoms with Gasteiger partial charge in [-0.1, -0.05) is 30.3 Å². The molecule has 0 aliphatic rings. The number of rotatable bonds is 7. The summed E-state index contributed by atoms with van der Waals surface area (Å²) in [5.41, 5.74) is 1.38. The van der Waals surface area contributed by atoms with Gasteiger partial charge < -0.3 is 4.90 Å². The van der Waals surface area contributed by atoms with Crippen molar-refractivity contribution < 1.29 is 17.6 Å². The van der Waals surface area contributed by atoms with Crippen LogP contribution >= 0.6 is 0 Å². The highest BCUT2D eigenvalue weighted by Gasteiger charge is 2.19. The molecule has 0 saturated heterocycles. The third-order valence-corrected chi connectivity index (χ3v) is 5.76. The van der Waals surface area contributed by atoms with Crippen molar-refractivity contribution in [3.63, 3.8) is 0 Å². The largest absolute Gasteiger partial charge is 0.340 e. The molecule has 1 amide bonds. The Hall–Kier alpha value is -2.25. The lowest BCUT2D eigenvalue weighted by Crippen LogP contribution is -2.37. The Balaban J connectivity index is 1.99. The summed E-state index contributed by atoms with van der Waals surface area (Å²) in [6, 6.07) is 13.0. The number of hydrogen-bond acceptors (Lipinski definition) is 4. The van der Waals surface area contributed by atoms with Gasteiger partial charge in [0, 0.05) is 31.5 Å². The summed E-state index contributed by atoms with van der Waals surface area (Å²) >= 11 is 0. The summed E-state index contributed by atoms with van der Waals surface area (Å²) in [5.74, 6) is -0.454. The van der Waals surface area contributed by atoms with Crippen LogP contribution in [0.2, 0.25) is 0 Å². The fourth-order valence-electron chi connectivity index (χ4n) is 2.69. The van der Waals surface area contributed by atoms with Crippen molar-refractivity contribution in [2.24, 2.45) is 0 Å². The number of sulfone groups is 1. The number of benzene rings is 2. The van der Waals surface area contributed by atoms with Crippen LogP contribution in [0.25, 0.3) is 0 Å². The van der Waals surface area contributed by atoms with E-state index in [-0.39, 0.29) is 35.8 Å². The number of halogens is 1. The third-order valence-electron chi connectivity index (χ3n) is 4.63. The van der Waals surface area contributed by atoms with E-state index in [1.54, 1.807) is 49.5 Å². The molecule has 0 unspecified atom stereocenters. The standard InChI is InChI=1S/C20H25FN2O3S/c1-15(16-9-11-18(12-10-16)27(4,25)26)22(2)14-20(24)23(3)13-17-7-5-6-8-19(17)21/h5-12,15H,13-14H2,1-4H3/t15-/m1/s1. The Morgan fingerprint density at radius 3 is 2.22 bits per heavy atom. The highest BCUT2D eigenvalue weighted by Crippen LogP contribution is 2.21. The van der Waals surface area contributed by atoms with Gasteiger partial charge in [-0.2, -0.15) is 0 Å². The molecule has 5 nitrogen and oxygen atoms in total. The molecule has 7 heteroatoms. The molecule has 2 aromatic rings. The van der Waals surface area contributed by atoms with Crippen LogP contribution in [-0.2, 0) is 21.2 Å². The minimum Gasteiger partial charge on any atom is -0.340 e. The van der Waals surface area contributed by atoms with Crippen LogP contribution < -0.4 is 0 Å². The molecule has 146 valence electrons. The maximum Gasteiger partial charge on any atom is 0.236 e. The summed E-state index contributed by atoms with van der Waals surface area (Å²) < 4.78 is 36.9. The smallest absolute Gasteiger partial charge is 0.236 e. The van der Waals surface area contributed by atoms with Crippen molar-refractivity contribution in [1.82, 2.24) is 9.80 Å². The number of likely N-dealkylation sites (N-methyl/N-ethyl adjacent to an activating group) is 2. The minimum absolute atomic E-state index is 0.0792. The molecular weight excluding hydrogens is 367 g/mol. The van der Waals surface area contributed by atoms with Gasteiger partial charge in [-0.15, -0.1) is 0 Å². The first kappa shape index (κ1) is 21.1. The van der Waals surface area contributed by atoms with Gasteiger partial charge in [0.05, 0.1) is 11.4 Å². The third kappa shape index (κ3) is 5.61. The molecule has 0 spiro atoms. The second-order valence-electron chi connectivity index (χ2n) is 6.77. The first-order valence-corrected chi connectivity index (χ1v) is 10.5. The molecule has 0 radical (unpaired) electrons. The quantitative estimate of drug-likeness (QED) is 0.727. The Morgan fingerprint density at radius 2 is 1.67 bits per heavy atom. The van der Waals surface area contributed by atoms with Crippen LogP contribution in [0.5, 0.6) is 0 Å². The van der Waals surface area contributed by atoms with Crippen LogP contribution in [0.1, 0.15) is 24.1 Å². The molecular formula is C20H25FN2O3S. The summed E-state index contributed by atoms with van der Waals surface area (Å²) in [5, 5.41) is 0. The van der Waals surface area contributed by atoms with Gasteiger partial charge in [0.25, 0.3) is 0 Å². The second-order valence-corrected chi connectivity index (χ2v) is 8.79. The normalized spacial score (nSPS) is 12.8. The molecule has 0 aliphatic carbocycles. The van der Waals surface area contributed by atoms with E-state index >= 15 is 0 Å². The SMILES string of the molecule is C[C@H](c1ccc(S(C)(=O)=O)cc1)N(C)CC(=O)N(C)Cc1ccccc1F. The first-order chi connectivity index (χ1) is 12.6. The maximum atomic E-state index is 13.8. The number of carbonyl (C=O) groups is 1. The lowest BCUT2D eigenvalue weighted by molar-refractivity contribution is -0.131. The van der Waals surface area contributed by atoms with Crippen molar-refractivity contribution in [2.45, 2.75) is 24.4 Å². The number of hydrogen-bond donors (Lipinski definition) is 0. The van der Waals surface area contributed by atoms with Gasteiger partial charge in [0.2, 0.25) is 5.91 Å². The molecule has 0 aromatic heterocycles. The number of nitrogens with zero attached hydrogens (tertiary/aromatic N) is 2. The summed E-state index contributed by atoms with van der Waals surface area (Å²) in [6.45, 7) is 2.32. The number of carbonyl (C=O) groups excluding carboxylic acids is 1. The van der Waals surface area contributed by atoms with E-state index in [2.05, 4.69) is 0 Å². The Labute approximate surface area is 160 Å². The topological polar surface area (TPSA) is 57.7 Å². The van der Waals surface area contributed by atoms with Crippen LogP contribution in [0.4, 0.5) is 4.39 Å². The van der Waals surface area contributed by atoms with Crippen LogP contribution in [0.3, 0.4) is 0 Å². The van der Waals surface area contributed by atoms with Gasteiger partial charge >= 0.3 is 0 Å². The Kier molecular flexibility index (Phi) is 6.73.